The van der Waals surface area contributed by atoms with E-state index < -0.39 is 27.3 Å². The number of nitrogens with zero attached hydrogens (tertiary/aromatic N) is 1. The van der Waals surface area contributed by atoms with Crippen molar-refractivity contribution in [3.63, 3.8) is 0 Å². The maximum absolute atomic E-state index is 11.7. The van der Waals surface area contributed by atoms with Gasteiger partial charge in [-0.25, -0.2) is 13.1 Å². The number of amides is 1. The van der Waals surface area contributed by atoms with Crippen molar-refractivity contribution in [3.05, 3.63) is 29.8 Å². The highest BCUT2D eigenvalue weighted by molar-refractivity contribution is 7.90. The Hall–Kier alpha value is -2.07. The number of nitrogens with one attached hydrogen (secondary N) is 1. The van der Waals surface area contributed by atoms with Gasteiger partial charge in [0.15, 0.2) is 6.10 Å². The largest absolute Gasteiger partial charge is 0.481 e. The third kappa shape index (κ3) is 4.24. The second-order valence-corrected chi connectivity index (χ2v) is 6.69. The summed E-state index contributed by atoms with van der Waals surface area (Å²) in [5.41, 5.74) is 0.469. The van der Waals surface area contributed by atoms with Crippen molar-refractivity contribution < 1.29 is 17.9 Å². The third-order valence-corrected chi connectivity index (χ3v) is 4.26. The average molecular weight is 296 g/mol. The normalized spacial score (nSPS) is 12.6. The lowest BCUT2D eigenvalue weighted by atomic mass is 10.2. The number of carbonyl (C=O) groups excluding carboxylic acids is 1. The summed E-state index contributed by atoms with van der Waals surface area (Å²) in [5.74, 6) is -0.350. The van der Waals surface area contributed by atoms with Gasteiger partial charge in [0.2, 0.25) is 10.0 Å². The van der Waals surface area contributed by atoms with Crippen LogP contribution in [0, 0.1) is 11.3 Å². The number of hydrogen-bond donors (Lipinski definition) is 1. The molecule has 20 heavy (non-hydrogen) atoms. The van der Waals surface area contributed by atoms with Crippen LogP contribution >= 0.6 is 0 Å². The number of sulfonamides is 1. The van der Waals surface area contributed by atoms with Crippen LogP contribution in [0.2, 0.25) is 0 Å². The van der Waals surface area contributed by atoms with E-state index >= 15 is 0 Å². The SMILES string of the molecule is CC(C)S(=O)(=O)NC(=O)[C@H](C)Oc1ccc(C#N)cc1. The van der Waals surface area contributed by atoms with Crippen molar-refractivity contribution in [2.75, 3.05) is 0 Å². The highest BCUT2D eigenvalue weighted by atomic mass is 32.2. The zero-order valence-electron chi connectivity index (χ0n) is 11.5. The van der Waals surface area contributed by atoms with Crippen LogP contribution in [0.5, 0.6) is 5.75 Å². The first kappa shape index (κ1) is 16.0. The molecule has 0 bridgehead atoms. The Kier molecular flexibility index (Phi) is 5.11. The zero-order valence-corrected chi connectivity index (χ0v) is 12.3. The summed E-state index contributed by atoms with van der Waals surface area (Å²) in [6.07, 6.45) is -0.962. The van der Waals surface area contributed by atoms with Gasteiger partial charge < -0.3 is 4.74 Å². The van der Waals surface area contributed by atoms with Gasteiger partial charge in [-0.2, -0.15) is 5.26 Å². The lowest BCUT2D eigenvalue weighted by molar-refractivity contribution is -0.125. The van der Waals surface area contributed by atoms with Gasteiger partial charge in [0.1, 0.15) is 5.75 Å². The van der Waals surface area contributed by atoms with Crippen molar-refractivity contribution in [2.45, 2.75) is 32.1 Å². The highest BCUT2D eigenvalue weighted by Gasteiger charge is 2.23. The Morgan fingerprint density at radius 1 is 1.25 bits per heavy atom. The van der Waals surface area contributed by atoms with Crippen molar-refractivity contribution in [2.24, 2.45) is 0 Å². The fraction of sp³-hybridized carbons (Fsp3) is 0.385. The van der Waals surface area contributed by atoms with Gasteiger partial charge in [-0.05, 0) is 45.0 Å². The predicted molar refractivity (Wildman–Crippen MR) is 73.4 cm³/mol. The van der Waals surface area contributed by atoms with Crippen molar-refractivity contribution in [3.8, 4) is 11.8 Å². The van der Waals surface area contributed by atoms with E-state index in [0.717, 1.165) is 0 Å². The number of carbonyl (C=O) groups is 1. The Balaban J connectivity index is 2.69. The lowest BCUT2D eigenvalue weighted by Gasteiger charge is -2.16. The molecule has 0 aliphatic heterocycles. The lowest BCUT2D eigenvalue weighted by Crippen LogP contribution is -2.42. The Labute approximate surface area is 118 Å². The molecule has 7 heteroatoms. The number of nitriles is 1. The first-order valence-corrected chi connectivity index (χ1v) is 7.53. The van der Waals surface area contributed by atoms with Gasteiger partial charge in [-0.3, -0.25) is 4.79 Å². The van der Waals surface area contributed by atoms with Crippen molar-refractivity contribution in [1.82, 2.24) is 4.72 Å². The van der Waals surface area contributed by atoms with E-state index in [1.54, 1.807) is 24.3 Å². The topological polar surface area (TPSA) is 96.3 Å². The fourth-order valence-corrected chi connectivity index (χ4v) is 1.89. The van der Waals surface area contributed by atoms with Crippen LogP contribution in [0.4, 0.5) is 0 Å². The maximum Gasteiger partial charge on any atom is 0.274 e. The van der Waals surface area contributed by atoms with Crippen LogP contribution in [0.1, 0.15) is 26.3 Å². The molecule has 0 spiro atoms. The molecule has 1 aromatic carbocycles. The zero-order chi connectivity index (χ0) is 15.3. The van der Waals surface area contributed by atoms with Crippen LogP contribution in [0.25, 0.3) is 0 Å². The van der Waals surface area contributed by atoms with Crippen LogP contribution < -0.4 is 9.46 Å². The molecule has 0 fully saturated rings. The molecule has 0 saturated carbocycles. The van der Waals surface area contributed by atoms with E-state index in [1.165, 1.54) is 20.8 Å². The second kappa shape index (κ2) is 6.39. The molecule has 0 aliphatic carbocycles. The molecule has 0 heterocycles. The minimum atomic E-state index is -3.67. The molecule has 1 amide bonds. The molecule has 1 aromatic rings. The molecule has 0 aliphatic rings. The molecule has 0 aromatic heterocycles. The second-order valence-electron chi connectivity index (χ2n) is 4.46. The van der Waals surface area contributed by atoms with Gasteiger partial charge in [-0.1, -0.05) is 0 Å². The summed E-state index contributed by atoms with van der Waals surface area (Å²) in [4.78, 5) is 11.7. The molecule has 1 rings (SSSR count). The Morgan fingerprint density at radius 2 is 1.80 bits per heavy atom. The quantitative estimate of drug-likeness (QED) is 0.880. The number of benzene rings is 1. The summed E-state index contributed by atoms with van der Waals surface area (Å²) in [6, 6.07) is 8.13. The van der Waals surface area contributed by atoms with Gasteiger partial charge in [0.25, 0.3) is 5.91 Å². The first-order valence-electron chi connectivity index (χ1n) is 5.98. The summed E-state index contributed by atoms with van der Waals surface area (Å²) in [6.45, 7) is 4.40. The van der Waals surface area contributed by atoms with E-state index in [0.29, 0.717) is 11.3 Å². The fourth-order valence-electron chi connectivity index (χ4n) is 1.21. The predicted octanol–water partition coefficient (Wildman–Crippen LogP) is 1.18. The van der Waals surface area contributed by atoms with E-state index in [9.17, 15) is 13.2 Å². The van der Waals surface area contributed by atoms with E-state index in [-0.39, 0.29) is 0 Å². The van der Waals surface area contributed by atoms with Crippen LogP contribution in [-0.2, 0) is 14.8 Å². The van der Waals surface area contributed by atoms with E-state index in [4.69, 9.17) is 10.00 Å². The molecule has 108 valence electrons. The smallest absolute Gasteiger partial charge is 0.274 e. The number of hydrogen-bond acceptors (Lipinski definition) is 5. The monoisotopic (exact) mass is 296 g/mol. The Morgan fingerprint density at radius 3 is 2.25 bits per heavy atom. The minimum Gasteiger partial charge on any atom is -0.481 e. The van der Waals surface area contributed by atoms with Crippen molar-refractivity contribution >= 4 is 15.9 Å². The van der Waals surface area contributed by atoms with Crippen LogP contribution in [-0.4, -0.2) is 25.7 Å². The molecule has 1 N–H and O–H groups in total. The van der Waals surface area contributed by atoms with Gasteiger partial charge in [0, 0.05) is 0 Å². The number of ether oxygens (including phenoxy) is 1. The molecule has 0 unspecified atom stereocenters. The van der Waals surface area contributed by atoms with Gasteiger partial charge in [-0.15, -0.1) is 0 Å². The minimum absolute atomic E-state index is 0.383. The summed E-state index contributed by atoms with van der Waals surface area (Å²) in [5, 5.41) is 7.96. The molecular weight excluding hydrogens is 280 g/mol. The molecule has 6 nitrogen and oxygen atoms in total. The summed E-state index contributed by atoms with van der Waals surface area (Å²) >= 11 is 0. The standard InChI is InChI=1S/C13H16N2O4S/c1-9(2)20(17,18)15-13(16)10(3)19-12-6-4-11(8-14)5-7-12/h4-7,9-10H,1-3H3,(H,15,16)/t10-/m0/s1. The summed E-state index contributed by atoms with van der Waals surface area (Å²) in [7, 11) is -3.67. The molecule has 1 atom stereocenters. The van der Waals surface area contributed by atoms with E-state index in [1.807, 2.05) is 10.8 Å². The van der Waals surface area contributed by atoms with Crippen molar-refractivity contribution in [1.29, 1.82) is 5.26 Å². The Bertz CT molecular complexity index is 615. The first-order chi connectivity index (χ1) is 9.26. The summed E-state index contributed by atoms with van der Waals surface area (Å²) < 4.78 is 30.4. The average Bonchev–Trinajstić information content (AvgIpc) is 2.38. The molecule has 0 radical (unpaired) electrons. The highest BCUT2D eigenvalue weighted by Crippen LogP contribution is 2.13. The van der Waals surface area contributed by atoms with Gasteiger partial charge >= 0.3 is 0 Å². The number of rotatable bonds is 5. The van der Waals surface area contributed by atoms with E-state index in [2.05, 4.69) is 0 Å². The third-order valence-electron chi connectivity index (χ3n) is 2.53. The van der Waals surface area contributed by atoms with Crippen LogP contribution in [0.3, 0.4) is 0 Å². The molecule has 0 saturated heterocycles. The maximum atomic E-state index is 11.7. The van der Waals surface area contributed by atoms with Gasteiger partial charge in [0.05, 0.1) is 16.9 Å². The van der Waals surface area contributed by atoms with Crippen LogP contribution in [0.15, 0.2) is 24.3 Å². The molecular formula is C13H16N2O4S.